The molecule has 3 saturated heterocycles. The Balaban J connectivity index is 1.99. The monoisotopic (exact) mass is 1420 g/mol. The van der Waals surface area contributed by atoms with Crippen molar-refractivity contribution in [3.8, 4) is 0 Å². The summed E-state index contributed by atoms with van der Waals surface area (Å²) >= 11 is 0. The van der Waals surface area contributed by atoms with Crippen molar-refractivity contribution in [1.29, 1.82) is 0 Å². The molecule has 3 aliphatic rings. The molecule has 1 unspecified atom stereocenters. The van der Waals surface area contributed by atoms with Crippen LogP contribution in [-0.2, 0) is 73.4 Å². The number of likely N-dealkylation sites (N-methyl/N-ethyl adjacent to an activating group) is 4. The summed E-state index contributed by atoms with van der Waals surface area (Å²) in [6.45, 7) is 28.8. The molecule has 0 aliphatic carbocycles. The third-order valence-corrected chi connectivity index (χ3v) is 18.8. The zero-order valence-electron chi connectivity index (χ0n) is 64.1. The van der Waals surface area contributed by atoms with Crippen molar-refractivity contribution in [2.75, 3.05) is 61.0 Å². The van der Waals surface area contributed by atoms with Crippen LogP contribution in [0.15, 0.2) is 30.3 Å². The molecule has 0 radical (unpaired) electrons. The normalized spacial score (nSPS) is 27.0. The van der Waals surface area contributed by atoms with E-state index >= 15 is 38.4 Å². The van der Waals surface area contributed by atoms with E-state index in [2.05, 4.69) is 31.9 Å². The van der Waals surface area contributed by atoms with Crippen LogP contribution < -0.4 is 31.9 Å². The number of benzene rings is 1. The van der Waals surface area contributed by atoms with Crippen LogP contribution in [0.5, 0.6) is 0 Å². The molecule has 0 bridgehead atoms. The highest BCUT2D eigenvalue weighted by Crippen LogP contribution is 2.26. The van der Waals surface area contributed by atoms with Crippen molar-refractivity contribution in [2.45, 2.75) is 272 Å². The van der Waals surface area contributed by atoms with Crippen LogP contribution in [0.3, 0.4) is 0 Å². The molecule has 0 aromatic heterocycles. The second-order valence-electron chi connectivity index (χ2n) is 31.0. The Morgan fingerprint density at radius 3 is 1.40 bits per heavy atom. The van der Waals surface area contributed by atoms with E-state index in [0.29, 0.717) is 31.5 Å². The van der Waals surface area contributed by atoms with E-state index in [-0.39, 0.29) is 101 Å². The summed E-state index contributed by atoms with van der Waals surface area (Å²) in [7, 11) is 5.65. The van der Waals surface area contributed by atoms with Crippen molar-refractivity contribution in [3.63, 3.8) is 0 Å². The van der Waals surface area contributed by atoms with Crippen molar-refractivity contribution in [2.24, 2.45) is 29.6 Å². The van der Waals surface area contributed by atoms with Crippen molar-refractivity contribution >= 4 is 70.9 Å². The van der Waals surface area contributed by atoms with Gasteiger partial charge in [0.1, 0.15) is 66.5 Å². The molecule has 3 fully saturated rings. The molecule has 0 spiro atoms. The summed E-state index contributed by atoms with van der Waals surface area (Å²) in [5.74, 6) is -9.93. The number of rotatable bonds is 19. The van der Waals surface area contributed by atoms with Gasteiger partial charge >= 0.3 is 0 Å². The molecule has 27 heteroatoms. The van der Waals surface area contributed by atoms with E-state index in [4.69, 9.17) is 9.47 Å². The molecular formula is C74H124N12O15. The van der Waals surface area contributed by atoms with Gasteiger partial charge in [-0.05, 0) is 128 Å². The minimum Gasteiger partial charge on any atom is -0.391 e. The Labute approximate surface area is 600 Å². The van der Waals surface area contributed by atoms with Crippen LogP contribution >= 0.6 is 0 Å². The van der Waals surface area contributed by atoms with Crippen LogP contribution in [0.4, 0.5) is 0 Å². The largest absolute Gasteiger partial charge is 0.391 e. The number of hydrogen-bond donors (Lipinski definition) is 7. The number of piperidine rings is 1. The lowest BCUT2D eigenvalue weighted by Crippen LogP contribution is -2.63. The van der Waals surface area contributed by atoms with Gasteiger partial charge in [-0.25, -0.2) is 0 Å². The number of aliphatic hydroxyl groups is 1. The number of likely N-dealkylation sites (tertiary alicyclic amines) is 1. The Morgan fingerprint density at radius 1 is 0.525 bits per heavy atom. The van der Waals surface area contributed by atoms with E-state index in [1.165, 1.54) is 59.6 Å². The quantitative estimate of drug-likeness (QED) is 0.104. The van der Waals surface area contributed by atoms with E-state index in [9.17, 15) is 24.3 Å². The molecule has 3 aliphatic heterocycles. The molecule has 1 aromatic rings. The summed E-state index contributed by atoms with van der Waals surface area (Å²) < 4.78 is 12.2. The predicted molar refractivity (Wildman–Crippen MR) is 383 cm³/mol. The van der Waals surface area contributed by atoms with Crippen molar-refractivity contribution in [1.82, 2.24) is 61.3 Å². The summed E-state index contributed by atoms with van der Waals surface area (Å²) in [6.07, 6.45) is -0.494. The summed E-state index contributed by atoms with van der Waals surface area (Å²) in [5, 5.41) is 28.5. The van der Waals surface area contributed by atoms with Crippen LogP contribution in [0.2, 0.25) is 0 Å². The fourth-order valence-electron chi connectivity index (χ4n) is 13.2. The second-order valence-corrected chi connectivity index (χ2v) is 31.0. The smallest absolute Gasteiger partial charge is 0.248 e. The van der Waals surface area contributed by atoms with Gasteiger partial charge < -0.3 is 75.9 Å². The zero-order valence-corrected chi connectivity index (χ0v) is 64.1. The van der Waals surface area contributed by atoms with E-state index in [0.717, 1.165) is 6.42 Å². The van der Waals surface area contributed by atoms with E-state index in [1.807, 2.05) is 69.2 Å². The maximum atomic E-state index is 15.4. The fraction of sp³-hybridized carbons (Fsp3) is 0.757. The lowest BCUT2D eigenvalue weighted by atomic mass is 9.97. The molecular weight excluding hydrogens is 1300 g/mol. The average Bonchev–Trinajstić information content (AvgIpc) is 1.79. The molecule has 27 nitrogen and oxygen atoms in total. The molecule has 101 heavy (non-hydrogen) atoms. The number of carbonyl (C=O) groups excluding carboxylic acids is 12. The lowest BCUT2D eigenvalue weighted by molar-refractivity contribution is -0.149. The van der Waals surface area contributed by atoms with Crippen LogP contribution in [0.25, 0.3) is 0 Å². The number of nitrogens with one attached hydrogen (secondary N) is 6. The Hall–Kier alpha value is -7.26. The minimum atomic E-state index is -1.70. The van der Waals surface area contributed by atoms with Gasteiger partial charge in [-0.2, -0.15) is 0 Å². The molecule has 13 atom stereocenters. The van der Waals surface area contributed by atoms with Gasteiger partial charge in [0.25, 0.3) is 0 Å². The summed E-state index contributed by atoms with van der Waals surface area (Å²) in [6, 6.07) is -6.15. The number of aliphatic hydroxyl groups excluding tert-OH is 1. The first kappa shape index (κ1) is 86.1. The highest BCUT2D eigenvalue weighted by atomic mass is 16.5. The first-order chi connectivity index (χ1) is 47.2. The van der Waals surface area contributed by atoms with Crippen LogP contribution in [0, 0.1) is 29.6 Å². The average molecular weight is 1420 g/mol. The first-order valence-corrected chi connectivity index (χ1v) is 36.7. The second kappa shape index (κ2) is 40.0. The molecule has 570 valence electrons. The highest BCUT2D eigenvalue weighted by molar-refractivity contribution is 6.00. The number of hydrogen-bond acceptors (Lipinski definition) is 15. The molecule has 1 aromatic carbocycles. The number of carbonyl (C=O) groups is 12. The van der Waals surface area contributed by atoms with Crippen LogP contribution in [-0.4, -0.2) is 251 Å². The topological polar surface area (TPSA) is 335 Å². The number of ether oxygens (including phenoxy) is 2. The van der Waals surface area contributed by atoms with Crippen molar-refractivity contribution in [3.05, 3.63) is 35.9 Å². The molecule has 12 amide bonds. The number of amides is 12. The maximum Gasteiger partial charge on any atom is 0.248 e. The number of nitrogens with zero attached hydrogens (tertiary/aromatic N) is 6. The zero-order chi connectivity index (χ0) is 76.1. The van der Waals surface area contributed by atoms with Gasteiger partial charge in [0.2, 0.25) is 70.9 Å². The van der Waals surface area contributed by atoms with Gasteiger partial charge in [0.05, 0.1) is 30.8 Å². The standard InChI is InChI=1S/C74H124N12O15/c1-21-51-68(94)81(17)58(36-46(9)10)65(91)79-55(42-101-74(14,15)16)71(97)84(20)57(35-45(7)8)63(89)76-52(33-43(3)4)69(95)83(19)59(37-47(11)12)66(92)80-62(48(13)87)73(99)86-41-50(100-22-2)39-60(86)67(93)77-53(38-49-29-25-23-26-30-49)70(96)82(18)56(34-44(5)6)64(90)78-54(40-61(88)75-51)72(98)85-31-27-24-28-32-85/h23,25-26,29-30,43-48,50-60,62,87H,21-22,24,27-28,31-42H2,1-20H3,(H,75,88)(H,76,89)(H,77,93)(H,78,90)(H,79,91)(H,80,92)/t48-,50-,51?,52-,53+,54+,55+,56+,57-,58+,59+,60+,62+/m1/s1. The first-order valence-electron chi connectivity index (χ1n) is 36.7. The van der Waals surface area contributed by atoms with Crippen LogP contribution in [0.1, 0.15) is 187 Å². The van der Waals surface area contributed by atoms with Crippen molar-refractivity contribution < 1.29 is 72.1 Å². The SMILES string of the molecule is CCO[C@@H]1C[C@H]2C(=O)N[C@@H](Cc3ccccc3)C(=O)N(C)[C@@H](CC(C)C)C(=O)N[C@H](C(=O)N3CCCCC3)CC(=O)NC(CC)C(=O)N(C)[C@@H](CC(C)C)C(=O)N[C@@H](COC(C)(C)C)C(=O)N(C)[C@H](CC(C)C)C(=O)N[C@H](CC(C)C)C(=O)N(C)[C@@H](CC(C)C)C(=O)N[C@@H]([C@@H](C)O)C(=O)N2C1. The predicted octanol–water partition coefficient (Wildman–Crippen LogP) is 3.70. The van der Waals surface area contributed by atoms with Gasteiger partial charge in [0, 0.05) is 67.3 Å². The van der Waals surface area contributed by atoms with Gasteiger partial charge in [-0.3, -0.25) is 57.5 Å². The maximum absolute atomic E-state index is 15.4. The Bertz CT molecular complexity index is 2950. The summed E-state index contributed by atoms with van der Waals surface area (Å²) in [5.41, 5.74) is -0.213. The Morgan fingerprint density at radius 2 is 0.950 bits per heavy atom. The fourth-order valence-corrected chi connectivity index (χ4v) is 13.2. The van der Waals surface area contributed by atoms with E-state index in [1.54, 1.807) is 69.9 Å². The van der Waals surface area contributed by atoms with Gasteiger partial charge in [-0.1, -0.05) is 106 Å². The molecule has 7 N–H and O–H groups in total. The third kappa shape index (κ3) is 25.9. The lowest BCUT2D eigenvalue weighted by Gasteiger charge is -2.37. The minimum absolute atomic E-state index is 0.0229. The number of fused-ring (bicyclic) bond motifs is 1. The molecule has 4 rings (SSSR count). The molecule has 0 saturated carbocycles. The third-order valence-electron chi connectivity index (χ3n) is 18.8. The highest BCUT2D eigenvalue weighted by Gasteiger charge is 2.47. The molecule has 3 heterocycles. The van der Waals surface area contributed by atoms with Gasteiger partial charge in [0.15, 0.2) is 0 Å². The summed E-state index contributed by atoms with van der Waals surface area (Å²) in [4.78, 5) is 188. The Kier molecular flexibility index (Phi) is 34.1. The van der Waals surface area contributed by atoms with Gasteiger partial charge in [-0.15, -0.1) is 0 Å². The van der Waals surface area contributed by atoms with E-state index < -0.39 is 162 Å².